The maximum Gasteiger partial charge on any atom is 0.255 e. The van der Waals surface area contributed by atoms with Crippen LogP contribution >= 0.6 is 0 Å². The van der Waals surface area contributed by atoms with Gasteiger partial charge in [-0.1, -0.05) is 12.1 Å². The van der Waals surface area contributed by atoms with Gasteiger partial charge in [-0.05, 0) is 50.4 Å². The molecule has 0 saturated carbocycles. The molecule has 0 bridgehead atoms. The molecule has 156 valence electrons. The smallest absolute Gasteiger partial charge is 0.255 e. The quantitative estimate of drug-likeness (QED) is 0.479. The molecule has 3 aliphatic heterocycles. The van der Waals surface area contributed by atoms with Crippen molar-refractivity contribution in [1.82, 2.24) is 20.9 Å². The van der Waals surface area contributed by atoms with Crippen LogP contribution in [0.4, 0.5) is 0 Å². The van der Waals surface area contributed by atoms with E-state index >= 15 is 0 Å². The molecule has 3 amide bonds. The van der Waals surface area contributed by atoms with Gasteiger partial charge in [0, 0.05) is 31.1 Å². The van der Waals surface area contributed by atoms with Crippen molar-refractivity contribution in [3.05, 3.63) is 34.9 Å². The Morgan fingerprint density at radius 2 is 2.10 bits per heavy atom. The lowest BCUT2D eigenvalue weighted by molar-refractivity contribution is -0.136. The molecule has 3 aliphatic rings. The summed E-state index contributed by atoms with van der Waals surface area (Å²) < 4.78 is 5.68. The Hall–Kier alpha value is -2.29. The molecule has 3 N–H and O–H groups in total. The molecule has 2 atom stereocenters. The summed E-state index contributed by atoms with van der Waals surface area (Å²) in [5, 5.41) is 9.20. The number of benzene rings is 1. The van der Waals surface area contributed by atoms with Crippen LogP contribution in [0.15, 0.2) is 18.2 Å². The first kappa shape index (κ1) is 20.0. The Morgan fingerprint density at radius 1 is 1.28 bits per heavy atom. The van der Waals surface area contributed by atoms with E-state index in [-0.39, 0.29) is 29.9 Å². The average molecular weight is 400 g/mol. The van der Waals surface area contributed by atoms with Gasteiger partial charge >= 0.3 is 0 Å². The van der Waals surface area contributed by atoms with Gasteiger partial charge in [-0.3, -0.25) is 25.0 Å². The van der Waals surface area contributed by atoms with Crippen LogP contribution in [0, 0.1) is 0 Å². The van der Waals surface area contributed by atoms with Crippen LogP contribution in [0.2, 0.25) is 0 Å². The van der Waals surface area contributed by atoms with Crippen LogP contribution in [0.25, 0.3) is 0 Å². The van der Waals surface area contributed by atoms with E-state index in [1.165, 1.54) is 0 Å². The lowest BCUT2D eigenvalue weighted by Crippen LogP contribution is -2.52. The largest absolute Gasteiger partial charge is 0.360 e. The van der Waals surface area contributed by atoms with Crippen molar-refractivity contribution in [2.45, 2.75) is 64.0 Å². The molecule has 0 aromatic heterocycles. The van der Waals surface area contributed by atoms with E-state index in [0.717, 1.165) is 30.7 Å². The van der Waals surface area contributed by atoms with Crippen molar-refractivity contribution in [3.63, 3.8) is 0 Å². The summed E-state index contributed by atoms with van der Waals surface area (Å²) in [5.41, 5.74) is 2.37. The highest BCUT2D eigenvalue weighted by Gasteiger charge is 2.39. The summed E-state index contributed by atoms with van der Waals surface area (Å²) in [6, 6.07) is 5.68. The summed E-state index contributed by atoms with van der Waals surface area (Å²) in [7, 11) is 0. The fourth-order valence-corrected chi connectivity index (χ4v) is 4.26. The van der Waals surface area contributed by atoms with Crippen molar-refractivity contribution >= 4 is 17.7 Å². The maximum atomic E-state index is 12.9. The molecule has 1 aromatic carbocycles. The Morgan fingerprint density at radius 3 is 2.83 bits per heavy atom. The molecule has 29 heavy (non-hydrogen) atoms. The number of carbonyl (C=O) groups excluding carboxylic acids is 3. The van der Waals surface area contributed by atoms with Gasteiger partial charge < -0.3 is 15.0 Å². The number of hydrogen-bond donors (Lipinski definition) is 3. The second-order valence-corrected chi connectivity index (χ2v) is 8.52. The molecule has 0 spiro atoms. The summed E-state index contributed by atoms with van der Waals surface area (Å²) in [6.45, 7) is 6.72. The van der Waals surface area contributed by atoms with Crippen LogP contribution in [0.3, 0.4) is 0 Å². The van der Waals surface area contributed by atoms with Gasteiger partial charge in [-0.15, -0.1) is 0 Å². The van der Waals surface area contributed by atoms with E-state index in [1.54, 1.807) is 4.90 Å². The topological polar surface area (TPSA) is 99.8 Å². The van der Waals surface area contributed by atoms with E-state index in [0.29, 0.717) is 31.1 Å². The van der Waals surface area contributed by atoms with Crippen LogP contribution in [-0.2, 0) is 27.4 Å². The Bertz CT molecular complexity index is 838. The van der Waals surface area contributed by atoms with Crippen LogP contribution in [0.1, 0.15) is 54.6 Å². The highest BCUT2D eigenvalue weighted by atomic mass is 16.5. The third-order valence-corrected chi connectivity index (χ3v) is 5.79. The highest BCUT2D eigenvalue weighted by molar-refractivity contribution is 6.05. The van der Waals surface area contributed by atoms with E-state index in [9.17, 15) is 14.4 Å². The number of ether oxygens (including phenoxy) is 1. The van der Waals surface area contributed by atoms with Gasteiger partial charge in [-0.25, -0.2) is 0 Å². The summed E-state index contributed by atoms with van der Waals surface area (Å²) in [5.74, 6) is -0.783. The summed E-state index contributed by atoms with van der Waals surface area (Å²) >= 11 is 0. The second-order valence-electron chi connectivity index (χ2n) is 8.52. The Kier molecular flexibility index (Phi) is 5.42. The van der Waals surface area contributed by atoms with Crippen LogP contribution < -0.4 is 16.0 Å². The number of nitrogens with zero attached hydrogens (tertiary/aromatic N) is 1. The number of nitrogens with one attached hydrogen (secondary N) is 3. The van der Waals surface area contributed by atoms with Crippen molar-refractivity contribution in [2.75, 3.05) is 13.2 Å². The minimum atomic E-state index is -0.570. The van der Waals surface area contributed by atoms with Gasteiger partial charge in [0.05, 0.1) is 6.61 Å². The number of carbonyl (C=O) groups is 3. The van der Waals surface area contributed by atoms with Gasteiger partial charge in [0.25, 0.3) is 5.91 Å². The van der Waals surface area contributed by atoms with Crippen LogP contribution in [0.5, 0.6) is 0 Å². The molecule has 8 heteroatoms. The monoisotopic (exact) mass is 400 g/mol. The highest BCUT2D eigenvalue weighted by Crippen LogP contribution is 2.28. The van der Waals surface area contributed by atoms with E-state index < -0.39 is 6.04 Å². The average Bonchev–Trinajstić information content (AvgIpc) is 3.18. The Balaban J connectivity index is 1.31. The second kappa shape index (κ2) is 7.85. The SMILES string of the molecule is CC1(C)N[C@H](CCNCc2ccc3c(c2)C(=O)N(C2CCC(=O)NC2=O)C3)CO1. The molecule has 3 heterocycles. The van der Waals surface area contributed by atoms with E-state index in [2.05, 4.69) is 16.0 Å². The lowest BCUT2D eigenvalue weighted by Gasteiger charge is -2.29. The third-order valence-electron chi connectivity index (χ3n) is 5.79. The number of rotatable bonds is 6. The first-order valence-electron chi connectivity index (χ1n) is 10.2. The molecule has 1 aromatic rings. The zero-order valence-corrected chi connectivity index (χ0v) is 16.9. The van der Waals surface area contributed by atoms with Gasteiger partial charge in [0.15, 0.2) is 0 Å². The minimum absolute atomic E-state index is 0.133. The standard InChI is InChI=1S/C21H28N4O4/c1-21(2)24-15(12-29-21)7-8-22-10-13-3-4-14-11-25(20(28)16(14)9-13)17-5-6-18(26)23-19(17)27/h3-4,9,15,17,22,24H,5-8,10-12H2,1-2H3,(H,23,26,27)/t15-,17?/m1/s1. The molecule has 4 rings (SSSR count). The number of piperidine rings is 1. The fourth-order valence-electron chi connectivity index (χ4n) is 4.26. The van der Waals surface area contributed by atoms with Crippen molar-refractivity contribution in [3.8, 4) is 0 Å². The number of hydrogen-bond acceptors (Lipinski definition) is 6. The molecule has 0 radical (unpaired) electrons. The minimum Gasteiger partial charge on any atom is -0.360 e. The third kappa shape index (κ3) is 4.34. The van der Waals surface area contributed by atoms with Crippen molar-refractivity contribution in [2.24, 2.45) is 0 Å². The van der Waals surface area contributed by atoms with Crippen LogP contribution in [-0.4, -0.2) is 53.6 Å². The summed E-state index contributed by atoms with van der Waals surface area (Å²) in [4.78, 5) is 37.9. The number of imide groups is 1. The normalized spacial score (nSPS) is 26.0. The predicted molar refractivity (Wildman–Crippen MR) is 106 cm³/mol. The predicted octanol–water partition coefficient (Wildman–Crippen LogP) is 0.652. The molecule has 0 aliphatic carbocycles. The van der Waals surface area contributed by atoms with E-state index in [1.807, 2.05) is 32.0 Å². The fraction of sp³-hybridized carbons (Fsp3) is 0.571. The Labute approximate surface area is 170 Å². The zero-order chi connectivity index (χ0) is 20.6. The van der Waals surface area contributed by atoms with E-state index in [4.69, 9.17) is 4.74 Å². The molecular weight excluding hydrogens is 372 g/mol. The molecular formula is C21H28N4O4. The zero-order valence-electron chi connectivity index (χ0n) is 16.9. The number of amides is 3. The summed E-state index contributed by atoms with van der Waals surface area (Å²) in [6.07, 6.45) is 1.62. The molecule has 8 nitrogen and oxygen atoms in total. The lowest BCUT2D eigenvalue weighted by atomic mass is 10.0. The van der Waals surface area contributed by atoms with Gasteiger partial charge in [0.2, 0.25) is 11.8 Å². The number of fused-ring (bicyclic) bond motifs is 1. The molecule has 2 saturated heterocycles. The first-order chi connectivity index (χ1) is 13.8. The van der Waals surface area contributed by atoms with Crippen molar-refractivity contribution < 1.29 is 19.1 Å². The van der Waals surface area contributed by atoms with Crippen molar-refractivity contribution in [1.29, 1.82) is 0 Å². The van der Waals surface area contributed by atoms with Gasteiger partial charge in [-0.2, -0.15) is 0 Å². The first-order valence-corrected chi connectivity index (χ1v) is 10.2. The molecule has 2 fully saturated rings. The van der Waals surface area contributed by atoms with Gasteiger partial charge in [0.1, 0.15) is 11.8 Å². The molecule has 1 unspecified atom stereocenters. The maximum absolute atomic E-state index is 12.9.